The number of nitrogens with one attached hydrogen (secondary N) is 1. The number of anilines is 1. The third kappa shape index (κ3) is 3.24. The second-order valence-corrected chi connectivity index (χ2v) is 5.12. The number of alkyl halides is 1. The van der Waals surface area contributed by atoms with Crippen LogP contribution in [0.1, 0.15) is 25.0 Å². The predicted octanol–water partition coefficient (Wildman–Crippen LogP) is 3.51. The Morgan fingerprint density at radius 1 is 1.25 bits per heavy atom. The van der Waals surface area contributed by atoms with E-state index in [1.54, 1.807) is 0 Å². The Balaban J connectivity index is 2.85. The number of hydrogen-bond donors (Lipinski definition) is 1. The van der Waals surface area contributed by atoms with Crippen LogP contribution in [0.5, 0.6) is 0 Å². The maximum atomic E-state index is 11.9. The van der Waals surface area contributed by atoms with Crippen LogP contribution in [0.2, 0.25) is 0 Å². The number of carbonyl (C=O) groups excluding carboxylic acids is 1. The smallest absolute Gasteiger partial charge is 0.231 e. The maximum absolute atomic E-state index is 11.9. The lowest BCUT2D eigenvalue weighted by Gasteiger charge is -2.20. The van der Waals surface area contributed by atoms with Gasteiger partial charge in [-0.3, -0.25) is 4.79 Å². The molecule has 0 unspecified atom stereocenters. The van der Waals surface area contributed by atoms with E-state index in [2.05, 4.69) is 11.4 Å². The topological polar surface area (TPSA) is 29.1 Å². The second kappa shape index (κ2) is 4.88. The number of halogens is 1. The lowest BCUT2D eigenvalue weighted by atomic mass is 9.95. The van der Waals surface area contributed by atoms with Crippen LogP contribution in [0.4, 0.5) is 5.69 Å². The summed E-state index contributed by atoms with van der Waals surface area (Å²) >= 11 is 5.76. The van der Waals surface area contributed by atoms with Crippen molar-refractivity contribution < 1.29 is 4.79 Å². The zero-order valence-electron chi connectivity index (χ0n) is 10.2. The molecule has 16 heavy (non-hydrogen) atoms. The van der Waals surface area contributed by atoms with Crippen LogP contribution in [-0.2, 0) is 4.79 Å². The number of aryl methyl sites for hydroxylation is 2. The Morgan fingerprint density at radius 3 is 2.19 bits per heavy atom. The molecule has 0 aromatic heterocycles. The first-order valence-corrected chi connectivity index (χ1v) is 5.84. The fraction of sp³-hybridized carbons (Fsp3) is 0.462. The Morgan fingerprint density at radius 2 is 1.75 bits per heavy atom. The summed E-state index contributed by atoms with van der Waals surface area (Å²) in [7, 11) is 0. The quantitative estimate of drug-likeness (QED) is 0.804. The molecule has 1 N–H and O–H groups in total. The zero-order chi connectivity index (χ0) is 12.3. The molecule has 1 rings (SSSR count). The third-order valence-corrected chi connectivity index (χ3v) is 3.10. The monoisotopic (exact) mass is 239 g/mol. The summed E-state index contributed by atoms with van der Waals surface area (Å²) in [6.07, 6.45) is 0. The molecule has 0 fully saturated rings. The van der Waals surface area contributed by atoms with E-state index in [4.69, 9.17) is 11.6 Å². The van der Waals surface area contributed by atoms with Crippen LogP contribution in [0, 0.1) is 19.3 Å². The normalized spacial score (nSPS) is 11.3. The van der Waals surface area contributed by atoms with Gasteiger partial charge in [0, 0.05) is 11.6 Å². The largest absolute Gasteiger partial charge is 0.326 e. The maximum Gasteiger partial charge on any atom is 0.231 e. The Kier molecular flexibility index (Phi) is 3.98. The van der Waals surface area contributed by atoms with Gasteiger partial charge in [0.2, 0.25) is 5.91 Å². The lowest BCUT2D eigenvalue weighted by Crippen LogP contribution is -2.32. The molecule has 0 atom stereocenters. The molecule has 0 aliphatic rings. The van der Waals surface area contributed by atoms with Crippen LogP contribution in [0.15, 0.2) is 18.2 Å². The molecule has 1 aromatic rings. The molecule has 0 spiro atoms. The molecule has 0 saturated heterocycles. The summed E-state index contributed by atoms with van der Waals surface area (Å²) in [5.41, 5.74) is 2.57. The highest BCUT2D eigenvalue weighted by Crippen LogP contribution is 2.21. The van der Waals surface area contributed by atoms with Crippen molar-refractivity contribution in [2.24, 2.45) is 5.41 Å². The van der Waals surface area contributed by atoms with Crippen LogP contribution in [0.25, 0.3) is 0 Å². The molecular weight excluding hydrogens is 222 g/mol. The number of benzene rings is 1. The van der Waals surface area contributed by atoms with Gasteiger partial charge in [0.05, 0.1) is 5.41 Å². The molecule has 1 amide bonds. The highest BCUT2D eigenvalue weighted by molar-refractivity contribution is 6.20. The van der Waals surface area contributed by atoms with E-state index in [1.807, 2.05) is 39.8 Å². The number of amides is 1. The summed E-state index contributed by atoms with van der Waals surface area (Å²) in [6, 6.07) is 5.98. The second-order valence-electron chi connectivity index (χ2n) is 4.85. The molecule has 2 nitrogen and oxygen atoms in total. The van der Waals surface area contributed by atoms with Crippen LogP contribution < -0.4 is 5.32 Å². The van der Waals surface area contributed by atoms with E-state index in [9.17, 15) is 4.79 Å². The third-order valence-electron chi connectivity index (χ3n) is 2.43. The van der Waals surface area contributed by atoms with Gasteiger partial charge in [0.25, 0.3) is 0 Å². The molecule has 0 saturated carbocycles. The molecule has 1 aromatic carbocycles. The summed E-state index contributed by atoms with van der Waals surface area (Å²) in [6.45, 7) is 7.68. The van der Waals surface area contributed by atoms with E-state index in [-0.39, 0.29) is 5.91 Å². The van der Waals surface area contributed by atoms with Gasteiger partial charge in [-0.1, -0.05) is 6.07 Å². The molecule has 0 aliphatic carbocycles. The van der Waals surface area contributed by atoms with Crippen molar-refractivity contribution in [2.45, 2.75) is 27.7 Å². The van der Waals surface area contributed by atoms with Crippen molar-refractivity contribution in [3.8, 4) is 0 Å². The molecule has 3 heteroatoms. The Hall–Kier alpha value is -1.02. The van der Waals surface area contributed by atoms with E-state index in [1.165, 1.54) is 0 Å². The Labute approximate surface area is 102 Å². The molecule has 0 aliphatic heterocycles. The van der Waals surface area contributed by atoms with Gasteiger partial charge in [0.1, 0.15) is 0 Å². The van der Waals surface area contributed by atoms with Crippen molar-refractivity contribution in [2.75, 3.05) is 11.2 Å². The van der Waals surface area contributed by atoms with Crippen LogP contribution >= 0.6 is 11.6 Å². The van der Waals surface area contributed by atoms with Gasteiger partial charge in [0.15, 0.2) is 0 Å². The van der Waals surface area contributed by atoms with Crippen molar-refractivity contribution in [1.29, 1.82) is 0 Å². The average Bonchev–Trinajstić information content (AvgIpc) is 2.15. The minimum absolute atomic E-state index is 0.0486. The zero-order valence-corrected chi connectivity index (χ0v) is 11.0. The van der Waals surface area contributed by atoms with Gasteiger partial charge in [-0.25, -0.2) is 0 Å². The molecule has 88 valence electrons. The number of carbonyl (C=O) groups is 1. The lowest BCUT2D eigenvalue weighted by molar-refractivity contribution is -0.122. The van der Waals surface area contributed by atoms with Crippen molar-refractivity contribution in [3.05, 3.63) is 29.3 Å². The fourth-order valence-electron chi connectivity index (χ4n) is 1.41. The minimum atomic E-state index is -0.542. The first kappa shape index (κ1) is 13.0. The van der Waals surface area contributed by atoms with E-state index >= 15 is 0 Å². The molecule has 0 heterocycles. The van der Waals surface area contributed by atoms with Gasteiger partial charge in [-0.2, -0.15) is 0 Å². The van der Waals surface area contributed by atoms with Crippen molar-refractivity contribution in [1.82, 2.24) is 0 Å². The minimum Gasteiger partial charge on any atom is -0.326 e. The Bertz CT molecular complexity index is 379. The van der Waals surface area contributed by atoms with Crippen molar-refractivity contribution in [3.63, 3.8) is 0 Å². The van der Waals surface area contributed by atoms with Crippen LogP contribution in [-0.4, -0.2) is 11.8 Å². The number of hydrogen-bond acceptors (Lipinski definition) is 1. The molecule has 0 bridgehead atoms. The average molecular weight is 240 g/mol. The fourth-order valence-corrected chi connectivity index (χ4v) is 1.53. The van der Waals surface area contributed by atoms with E-state index in [0.717, 1.165) is 16.8 Å². The predicted molar refractivity (Wildman–Crippen MR) is 69.0 cm³/mol. The summed E-state index contributed by atoms with van der Waals surface area (Å²) < 4.78 is 0. The standard InChI is InChI=1S/C13H18ClNO/c1-9-5-10(2)7-11(6-9)15-12(16)13(3,4)8-14/h5-7H,8H2,1-4H3,(H,15,16). The van der Waals surface area contributed by atoms with Gasteiger partial charge in [-0.05, 0) is 51.0 Å². The van der Waals surface area contributed by atoms with Crippen molar-refractivity contribution >= 4 is 23.2 Å². The van der Waals surface area contributed by atoms with Gasteiger partial charge >= 0.3 is 0 Å². The summed E-state index contributed by atoms with van der Waals surface area (Å²) in [4.78, 5) is 11.9. The first-order valence-electron chi connectivity index (χ1n) is 5.31. The van der Waals surface area contributed by atoms with E-state index < -0.39 is 5.41 Å². The van der Waals surface area contributed by atoms with Crippen LogP contribution in [0.3, 0.4) is 0 Å². The van der Waals surface area contributed by atoms with E-state index in [0.29, 0.717) is 5.88 Å². The highest BCUT2D eigenvalue weighted by atomic mass is 35.5. The number of rotatable bonds is 3. The highest BCUT2D eigenvalue weighted by Gasteiger charge is 2.26. The van der Waals surface area contributed by atoms with Gasteiger partial charge in [-0.15, -0.1) is 11.6 Å². The summed E-state index contributed by atoms with van der Waals surface area (Å²) in [5, 5.41) is 2.89. The van der Waals surface area contributed by atoms with Gasteiger partial charge < -0.3 is 5.32 Å². The summed E-state index contributed by atoms with van der Waals surface area (Å²) in [5.74, 6) is 0.261. The molecule has 0 radical (unpaired) electrons. The SMILES string of the molecule is Cc1cc(C)cc(NC(=O)C(C)(C)CCl)c1. The molecular formula is C13H18ClNO. The first-order chi connectivity index (χ1) is 7.35.